The third-order valence-electron chi connectivity index (χ3n) is 6.98. The number of rotatable bonds is 8. The van der Waals surface area contributed by atoms with E-state index in [4.69, 9.17) is 15.6 Å². The third kappa shape index (κ3) is 5.89. The SMILES string of the molecule is COC1=C([OH2+])C=C(c2cnc(N)c(-c3ccc(NC(=O)c4cn(CCF)cc(-c5ccccc5)c4=O)cc3)c2)CC1. The number of anilines is 2. The maximum atomic E-state index is 13.2. The molecule has 41 heavy (non-hydrogen) atoms. The standard InChI is InChI=1S/C32H29FN4O4/c1-41-29-12-9-22(16-28(29)38)23-15-25(31(34)35-17-23)21-7-10-24(11-8-21)36-32(40)27-19-37(14-13-33)18-26(30(27)39)20-5-3-2-4-6-20/h2-8,10-11,15-19,38H,9,12-14H2,1H3,(H2,34,35)(H,36,40)/p+1. The first-order chi connectivity index (χ1) is 19.9. The molecule has 0 radical (unpaired) electrons. The summed E-state index contributed by atoms with van der Waals surface area (Å²) in [7, 11) is 1.57. The molecule has 5 N–H and O–H groups in total. The second-order valence-electron chi connectivity index (χ2n) is 9.61. The number of amides is 1. The van der Waals surface area contributed by atoms with E-state index in [0.717, 1.165) is 28.7 Å². The van der Waals surface area contributed by atoms with Crippen LogP contribution in [0, 0.1) is 0 Å². The molecular weight excluding hydrogens is 523 g/mol. The van der Waals surface area contributed by atoms with Gasteiger partial charge in [0.25, 0.3) is 11.7 Å². The maximum Gasteiger partial charge on any atom is 0.292 e. The van der Waals surface area contributed by atoms with Gasteiger partial charge in [0.1, 0.15) is 18.1 Å². The number of carbonyl (C=O) groups is 1. The van der Waals surface area contributed by atoms with E-state index >= 15 is 0 Å². The largest absolute Gasteiger partial charge is 0.591 e. The number of halogens is 1. The number of nitrogens with one attached hydrogen (secondary N) is 1. The molecule has 2 aromatic heterocycles. The lowest BCUT2D eigenvalue weighted by Crippen LogP contribution is -2.24. The number of aryl methyl sites for hydroxylation is 1. The summed E-state index contributed by atoms with van der Waals surface area (Å²) < 4.78 is 19.9. The van der Waals surface area contributed by atoms with Crippen molar-refractivity contribution in [1.29, 1.82) is 0 Å². The minimum atomic E-state index is -0.634. The molecule has 2 aromatic carbocycles. The molecule has 2 heterocycles. The molecule has 0 unspecified atom stereocenters. The fourth-order valence-corrected chi connectivity index (χ4v) is 4.81. The summed E-state index contributed by atoms with van der Waals surface area (Å²) in [5, 5.41) is 11.0. The molecule has 1 aliphatic rings. The normalized spacial score (nSPS) is 13.1. The number of ether oxygens (including phenoxy) is 1. The summed E-state index contributed by atoms with van der Waals surface area (Å²) >= 11 is 0. The van der Waals surface area contributed by atoms with E-state index in [1.807, 2.05) is 24.3 Å². The molecule has 0 fully saturated rings. The summed E-state index contributed by atoms with van der Waals surface area (Å²) in [5.74, 6) is 0.767. The van der Waals surface area contributed by atoms with Crippen molar-refractivity contribution in [1.82, 2.24) is 9.55 Å². The van der Waals surface area contributed by atoms with Crippen LogP contribution >= 0.6 is 0 Å². The molecule has 4 aromatic rings. The van der Waals surface area contributed by atoms with Crippen molar-refractivity contribution in [3.05, 3.63) is 118 Å². The lowest BCUT2D eigenvalue weighted by Gasteiger charge is -2.15. The van der Waals surface area contributed by atoms with Gasteiger partial charge in [0.2, 0.25) is 5.43 Å². The molecule has 0 aliphatic heterocycles. The molecule has 9 heteroatoms. The van der Waals surface area contributed by atoms with Gasteiger partial charge in [0, 0.05) is 47.9 Å². The van der Waals surface area contributed by atoms with Crippen LogP contribution in [0.2, 0.25) is 0 Å². The van der Waals surface area contributed by atoms with Crippen molar-refractivity contribution in [3.63, 3.8) is 0 Å². The molecule has 8 nitrogen and oxygen atoms in total. The van der Waals surface area contributed by atoms with Gasteiger partial charge in [-0.1, -0.05) is 42.5 Å². The van der Waals surface area contributed by atoms with E-state index in [9.17, 15) is 14.0 Å². The fourth-order valence-electron chi connectivity index (χ4n) is 4.81. The molecule has 0 atom stereocenters. The Kier molecular flexibility index (Phi) is 7.96. The lowest BCUT2D eigenvalue weighted by molar-refractivity contribution is 0.102. The van der Waals surface area contributed by atoms with Gasteiger partial charge >= 0.3 is 0 Å². The van der Waals surface area contributed by atoms with Gasteiger partial charge in [-0.05, 0) is 46.9 Å². The Morgan fingerprint density at radius 1 is 1.05 bits per heavy atom. The topological polar surface area (TPSA) is 122 Å². The number of carbonyl (C=O) groups excluding carboxylic acids is 1. The Labute approximate surface area is 236 Å². The van der Waals surface area contributed by atoms with Crippen molar-refractivity contribution < 1.29 is 19.0 Å². The van der Waals surface area contributed by atoms with Crippen molar-refractivity contribution in [2.75, 3.05) is 24.8 Å². The number of benzene rings is 2. The molecule has 0 saturated heterocycles. The molecular formula is C32H30FN4O4+. The minimum absolute atomic E-state index is 0.0213. The lowest BCUT2D eigenvalue weighted by atomic mass is 9.94. The predicted molar refractivity (Wildman–Crippen MR) is 159 cm³/mol. The van der Waals surface area contributed by atoms with Gasteiger partial charge in [-0.15, -0.1) is 0 Å². The Balaban J connectivity index is 1.40. The maximum absolute atomic E-state index is 13.2. The first-order valence-corrected chi connectivity index (χ1v) is 13.1. The Morgan fingerprint density at radius 3 is 2.46 bits per heavy atom. The highest BCUT2D eigenvalue weighted by Crippen LogP contribution is 2.33. The monoisotopic (exact) mass is 553 g/mol. The molecule has 5 rings (SSSR count). The summed E-state index contributed by atoms with van der Waals surface area (Å²) in [5.41, 5.74) is 10.5. The molecule has 0 saturated carbocycles. The van der Waals surface area contributed by atoms with Gasteiger partial charge in [-0.2, -0.15) is 0 Å². The highest BCUT2D eigenvalue weighted by molar-refractivity contribution is 6.04. The number of hydrogen-bond donors (Lipinski definition) is 2. The molecule has 0 spiro atoms. The Hall–Kier alpha value is -5.18. The minimum Gasteiger partial charge on any atom is -0.591 e. The molecule has 1 amide bonds. The smallest absolute Gasteiger partial charge is 0.292 e. The summed E-state index contributed by atoms with van der Waals surface area (Å²) in [6.07, 6.45) is 7.79. The van der Waals surface area contributed by atoms with E-state index in [2.05, 4.69) is 10.3 Å². The predicted octanol–water partition coefficient (Wildman–Crippen LogP) is 5.14. The fraction of sp³-hybridized carbons (Fsp3) is 0.156. The molecule has 1 aliphatic carbocycles. The zero-order valence-corrected chi connectivity index (χ0v) is 22.5. The average Bonchev–Trinajstić information content (AvgIpc) is 2.99. The van der Waals surface area contributed by atoms with E-state index in [-0.39, 0.29) is 12.1 Å². The summed E-state index contributed by atoms with van der Waals surface area (Å²) in [6.45, 7) is -0.612. The van der Waals surface area contributed by atoms with Crippen LogP contribution in [0.5, 0.6) is 0 Å². The second-order valence-corrected chi connectivity index (χ2v) is 9.61. The van der Waals surface area contributed by atoms with E-state index in [1.54, 1.807) is 62.0 Å². The van der Waals surface area contributed by atoms with Gasteiger partial charge in [-0.3, -0.25) is 9.59 Å². The highest BCUT2D eigenvalue weighted by Gasteiger charge is 2.20. The van der Waals surface area contributed by atoms with Crippen LogP contribution in [0.1, 0.15) is 28.8 Å². The number of pyridine rings is 2. The van der Waals surface area contributed by atoms with Gasteiger partial charge < -0.3 is 25.5 Å². The number of nitrogens with two attached hydrogens (primary N) is 1. The molecule has 0 bridgehead atoms. The van der Waals surface area contributed by atoms with Crippen molar-refractivity contribution in [2.24, 2.45) is 0 Å². The van der Waals surface area contributed by atoms with Gasteiger partial charge in [0.15, 0.2) is 5.76 Å². The average molecular weight is 554 g/mol. The van der Waals surface area contributed by atoms with Gasteiger partial charge in [0.05, 0.1) is 13.7 Å². The number of nitrogen functional groups attached to an aromatic ring is 1. The van der Waals surface area contributed by atoms with Crippen LogP contribution in [0.15, 0.2) is 102 Å². The van der Waals surface area contributed by atoms with Crippen molar-refractivity contribution in [2.45, 2.75) is 19.4 Å². The summed E-state index contributed by atoms with van der Waals surface area (Å²) in [6, 6.07) is 18.0. The van der Waals surface area contributed by atoms with Crippen LogP contribution < -0.4 is 16.5 Å². The summed E-state index contributed by atoms with van der Waals surface area (Å²) in [4.78, 5) is 30.8. The quantitative estimate of drug-likeness (QED) is 0.293. The number of alkyl halides is 1. The van der Waals surface area contributed by atoms with Crippen LogP contribution in [-0.2, 0) is 11.3 Å². The molecule has 208 valence electrons. The van der Waals surface area contributed by atoms with Crippen molar-refractivity contribution in [3.8, 4) is 22.3 Å². The zero-order valence-electron chi connectivity index (χ0n) is 22.5. The van der Waals surface area contributed by atoms with Gasteiger partial charge in [-0.25, -0.2) is 9.37 Å². The van der Waals surface area contributed by atoms with Crippen LogP contribution in [-0.4, -0.2) is 34.3 Å². The van der Waals surface area contributed by atoms with E-state index in [1.165, 1.54) is 10.8 Å². The number of hydrogen-bond acceptors (Lipinski definition) is 5. The number of methoxy groups -OCH3 is 1. The number of allylic oxidation sites excluding steroid dienone is 3. The number of nitrogens with zero attached hydrogens (tertiary/aromatic N) is 2. The zero-order chi connectivity index (χ0) is 28.9. The van der Waals surface area contributed by atoms with Crippen LogP contribution in [0.3, 0.4) is 0 Å². The Morgan fingerprint density at radius 2 is 1.78 bits per heavy atom. The van der Waals surface area contributed by atoms with Crippen molar-refractivity contribution >= 4 is 23.0 Å². The van der Waals surface area contributed by atoms with Crippen LogP contribution in [0.4, 0.5) is 15.9 Å². The first kappa shape index (κ1) is 27.4. The van der Waals surface area contributed by atoms with E-state index in [0.29, 0.717) is 40.6 Å². The first-order valence-electron chi connectivity index (χ1n) is 13.1. The third-order valence-corrected chi connectivity index (χ3v) is 6.98. The van der Waals surface area contributed by atoms with E-state index < -0.39 is 18.0 Å². The Bertz CT molecular complexity index is 1710. The van der Waals surface area contributed by atoms with Crippen LogP contribution in [0.25, 0.3) is 27.8 Å². The highest BCUT2D eigenvalue weighted by atomic mass is 19.1. The number of aromatic nitrogens is 2. The second kappa shape index (κ2) is 11.9.